The number of hydrogen-bond acceptors (Lipinski definition) is 3. The highest BCUT2D eigenvalue weighted by molar-refractivity contribution is 5.96. The van der Waals surface area contributed by atoms with E-state index in [1.165, 1.54) is 0 Å². The summed E-state index contributed by atoms with van der Waals surface area (Å²) < 4.78 is 0. The molecule has 3 nitrogen and oxygen atoms in total. The van der Waals surface area contributed by atoms with Gasteiger partial charge in [0.1, 0.15) is 0 Å². The molecule has 1 aromatic carbocycles. The molecule has 0 heterocycles. The van der Waals surface area contributed by atoms with Gasteiger partial charge in [0.2, 0.25) is 0 Å². The van der Waals surface area contributed by atoms with Crippen LogP contribution in [0.5, 0.6) is 0 Å². The van der Waals surface area contributed by atoms with Crippen molar-refractivity contribution in [3.8, 4) is 0 Å². The van der Waals surface area contributed by atoms with Crippen LogP contribution in [0.25, 0.3) is 0 Å². The number of nitrogen functional groups attached to an aromatic ring is 1. The van der Waals surface area contributed by atoms with Crippen molar-refractivity contribution in [2.45, 2.75) is 20.3 Å². The number of ketones is 1. The van der Waals surface area contributed by atoms with Gasteiger partial charge in [-0.2, -0.15) is 0 Å². The van der Waals surface area contributed by atoms with Crippen molar-refractivity contribution < 1.29 is 4.79 Å². The van der Waals surface area contributed by atoms with Crippen molar-refractivity contribution in [1.82, 2.24) is 0 Å². The first-order chi connectivity index (χ1) is 6.56. The molecule has 0 unspecified atom stereocenters. The molecule has 0 saturated heterocycles. The minimum Gasteiger partial charge on any atom is -0.399 e. The predicted octanol–water partition coefficient (Wildman–Crippen LogP) is 1.28. The summed E-state index contributed by atoms with van der Waals surface area (Å²) in [5.74, 6) is 0.0452. The Bertz CT molecular complexity index is 359. The van der Waals surface area contributed by atoms with Crippen molar-refractivity contribution in [3.05, 3.63) is 28.8 Å². The van der Waals surface area contributed by atoms with E-state index in [2.05, 4.69) is 0 Å². The smallest absolute Gasteiger partial charge is 0.160 e. The zero-order valence-corrected chi connectivity index (χ0v) is 8.63. The lowest BCUT2D eigenvalue weighted by atomic mass is 9.96. The summed E-state index contributed by atoms with van der Waals surface area (Å²) in [6.07, 6.45) is 0.723. The molecule has 0 aliphatic rings. The number of Topliss-reactive ketones (excluding diaryl/α,β-unsaturated/α-hetero) is 1. The Morgan fingerprint density at radius 2 is 2.07 bits per heavy atom. The van der Waals surface area contributed by atoms with E-state index in [1.807, 2.05) is 13.0 Å². The number of hydrogen-bond donors (Lipinski definition) is 2. The summed E-state index contributed by atoms with van der Waals surface area (Å²) in [7, 11) is 0. The van der Waals surface area contributed by atoms with Gasteiger partial charge in [0, 0.05) is 11.3 Å². The lowest BCUT2D eigenvalue weighted by Crippen LogP contribution is -2.10. The zero-order valence-electron chi connectivity index (χ0n) is 8.63. The predicted molar refractivity (Wildman–Crippen MR) is 58.4 cm³/mol. The molecule has 0 amide bonds. The molecule has 76 valence electrons. The molecule has 14 heavy (non-hydrogen) atoms. The van der Waals surface area contributed by atoms with E-state index in [-0.39, 0.29) is 5.78 Å². The molecule has 0 fully saturated rings. The Kier molecular flexibility index (Phi) is 3.25. The fraction of sp³-hybridized carbons (Fsp3) is 0.364. The third kappa shape index (κ3) is 2.12. The number of anilines is 1. The normalized spacial score (nSPS) is 10.2. The average molecular weight is 192 g/mol. The molecule has 0 aliphatic heterocycles. The summed E-state index contributed by atoms with van der Waals surface area (Å²) in [5, 5.41) is 0. The Morgan fingerprint density at radius 1 is 1.43 bits per heavy atom. The van der Waals surface area contributed by atoms with Gasteiger partial charge in [-0.05, 0) is 50.1 Å². The first-order valence-corrected chi connectivity index (χ1v) is 4.66. The van der Waals surface area contributed by atoms with Gasteiger partial charge in [-0.25, -0.2) is 0 Å². The highest BCUT2D eigenvalue weighted by Gasteiger charge is 2.10. The molecule has 0 atom stereocenters. The summed E-state index contributed by atoms with van der Waals surface area (Å²) in [4.78, 5) is 11.3. The second kappa shape index (κ2) is 4.24. The molecule has 0 aromatic heterocycles. The van der Waals surface area contributed by atoms with Gasteiger partial charge in [0.25, 0.3) is 0 Å². The van der Waals surface area contributed by atoms with Gasteiger partial charge in [0.05, 0.1) is 0 Å². The molecule has 0 saturated carbocycles. The molecule has 3 heteroatoms. The van der Waals surface area contributed by atoms with Crippen LogP contribution in [0.1, 0.15) is 28.4 Å². The fourth-order valence-corrected chi connectivity index (χ4v) is 1.64. The number of carbonyl (C=O) groups excluding carboxylic acids is 1. The fourth-order valence-electron chi connectivity index (χ4n) is 1.64. The van der Waals surface area contributed by atoms with E-state index in [9.17, 15) is 4.79 Å². The lowest BCUT2D eigenvalue weighted by Gasteiger charge is -2.10. The van der Waals surface area contributed by atoms with Crippen molar-refractivity contribution in [2.24, 2.45) is 5.73 Å². The van der Waals surface area contributed by atoms with Crippen LogP contribution in [0.2, 0.25) is 0 Å². The maximum atomic E-state index is 11.3. The quantitative estimate of drug-likeness (QED) is 0.560. The van der Waals surface area contributed by atoms with Crippen LogP contribution in [0.4, 0.5) is 5.69 Å². The van der Waals surface area contributed by atoms with Crippen LogP contribution < -0.4 is 11.5 Å². The van der Waals surface area contributed by atoms with Gasteiger partial charge < -0.3 is 11.5 Å². The largest absolute Gasteiger partial charge is 0.399 e. The highest BCUT2D eigenvalue weighted by atomic mass is 16.1. The van der Waals surface area contributed by atoms with Crippen LogP contribution in [0.3, 0.4) is 0 Å². The van der Waals surface area contributed by atoms with Crippen LogP contribution in [-0.4, -0.2) is 12.3 Å². The second-order valence-electron chi connectivity index (χ2n) is 3.46. The van der Waals surface area contributed by atoms with E-state index >= 15 is 0 Å². The number of benzene rings is 1. The summed E-state index contributed by atoms with van der Waals surface area (Å²) in [5.41, 5.74) is 14.6. The Hall–Kier alpha value is -1.35. The molecule has 4 N–H and O–H groups in total. The summed E-state index contributed by atoms with van der Waals surface area (Å²) >= 11 is 0. The van der Waals surface area contributed by atoms with Gasteiger partial charge in [-0.3, -0.25) is 4.79 Å². The molecule has 0 aliphatic carbocycles. The van der Waals surface area contributed by atoms with E-state index in [0.29, 0.717) is 17.8 Å². The topological polar surface area (TPSA) is 69.1 Å². The molecule has 1 aromatic rings. The van der Waals surface area contributed by atoms with E-state index in [1.54, 1.807) is 13.0 Å². The SMILES string of the molecule is CC(=O)c1cc(N)cc(C)c1CCN. The third-order valence-electron chi connectivity index (χ3n) is 2.27. The average Bonchev–Trinajstić information content (AvgIpc) is 2.09. The van der Waals surface area contributed by atoms with Crippen molar-refractivity contribution in [1.29, 1.82) is 0 Å². The second-order valence-corrected chi connectivity index (χ2v) is 3.46. The molecular formula is C11H16N2O. The maximum Gasteiger partial charge on any atom is 0.160 e. The summed E-state index contributed by atoms with van der Waals surface area (Å²) in [6, 6.07) is 3.60. The first kappa shape index (κ1) is 10.7. The van der Waals surface area contributed by atoms with Crippen LogP contribution >= 0.6 is 0 Å². The Morgan fingerprint density at radius 3 is 2.57 bits per heavy atom. The zero-order chi connectivity index (χ0) is 10.7. The molecule has 1 rings (SSSR count). The minimum absolute atomic E-state index is 0.0452. The van der Waals surface area contributed by atoms with E-state index < -0.39 is 0 Å². The summed E-state index contributed by atoms with van der Waals surface area (Å²) in [6.45, 7) is 4.05. The molecular weight excluding hydrogens is 176 g/mol. The maximum absolute atomic E-state index is 11.3. The van der Waals surface area contributed by atoms with Crippen molar-refractivity contribution in [3.63, 3.8) is 0 Å². The standard InChI is InChI=1S/C11H16N2O/c1-7-5-9(13)6-11(8(2)14)10(7)3-4-12/h5-6H,3-4,12-13H2,1-2H3. The molecule has 0 radical (unpaired) electrons. The number of carbonyl (C=O) groups is 1. The van der Waals surface area contributed by atoms with Crippen LogP contribution in [-0.2, 0) is 6.42 Å². The van der Waals surface area contributed by atoms with Crippen LogP contribution in [0, 0.1) is 6.92 Å². The van der Waals surface area contributed by atoms with Gasteiger partial charge in [0.15, 0.2) is 5.78 Å². The van der Waals surface area contributed by atoms with Crippen LogP contribution in [0.15, 0.2) is 12.1 Å². The Balaban J connectivity index is 3.28. The monoisotopic (exact) mass is 192 g/mol. The van der Waals surface area contributed by atoms with Gasteiger partial charge >= 0.3 is 0 Å². The molecule has 0 bridgehead atoms. The first-order valence-electron chi connectivity index (χ1n) is 4.66. The van der Waals surface area contributed by atoms with E-state index in [4.69, 9.17) is 11.5 Å². The van der Waals surface area contributed by atoms with Crippen molar-refractivity contribution >= 4 is 11.5 Å². The molecule has 0 spiro atoms. The number of nitrogens with two attached hydrogens (primary N) is 2. The lowest BCUT2D eigenvalue weighted by molar-refractivity contribution is 0.101. The number of rotatable bonds is 3. The minimum atomic E-state index is 0.0452. The highest BCUT2D eigenvalue weighted by Crippen LogP contribution is 2.19. The van der Waals surface area contributed by atoms with Gasteiger partial charge in [-0.15, -0.1) is 0 Å². The van der Waals surface area contributed by atoms with E-state index in [0.717, 1.165) is 17.5 Å². The third-order valence-corrected chi connectivity index (χ3v) is 2.27. The van der Waals surface area contributed by atoms with Gasteiger partial charge in [-0.1, -0.05) is 0 Å². The Labute approximate surface area is 84.1 Å². The number of aryl methyl sites for hydroxylation is 1. The van der Waals surface area contributed by atoms with Crippen molar-refractivity contribution in [2.75, 3.05) is 12.3 Å².